The lowest BCUT2D eigenvalue weighted by atomic mass is 9.87. The summed E-state index contributed by atoms with van der Waals surface area (Å²) in [5, 5.41) is 0. The van der Waals surface area contributed by atoms with Gasteiger partial charge < -0.3 is 9.80 Å². The maximum Gasteiger partial charge on any atom is 0.214 e. The van der Waals surface area contributed by atoms with Gasteiger partial charge in [0.2, 0.25) is 6.41 Å². The predicted molar refractivity (Wildman–Crippen MR) is 85.4 cm³/mol. The highest BCUT2D eigenvalue weighted by Crippen LogP contribution is 2.27. The molecule has 0 aromatic heterocycles. The van der Waals surface area contributed by atoms with Crippen LogP contribution in [0.5, 0.6) is 0 Å². The zero-order valence-corrected chi connectivity index (χ0v) is 12.7. The Bertz CT molecular complexity index is 425. The summed E-state index contributed by atoms with van der Waals surface area (Å²) in [6.07, 6.45) is 8.89. The molecule has 20 heavy (non-hydrogen) atoms. The number of nitrogens with zero attached hydrogens (tertiary/aromatic N) is 2. The van der Waals surface area contributed by atoms with Crippen LogP contribution in [0, 0.1) is 5.92 Å². The van der Waals surface area contributed by atoms with Crippen molar-refractivity contribution in [1.29, 1.82) is 0 Å². The summed E-state index contributed by atoms with van der Waals surface area (Å²) in [4.78, 5) is 15.3. The zero-order chi connectivity index (χ0) is 14.4. The quantitative estimate of drug-likeness (QED) is 0.739. The van der Waals surface area contributed by atoms with Crippen molar-refractivity contribution in [2.24, 2.45) is 5.92 Å². The van der Waals surface area contributed by atoms with Crippen molar-refractivity contribution >= 4 is 17.8 Å². The molecule has 1 aliphatic rings. The summed E-state index contributed by atoms with van der Waals surface area (Å²) < 4.78 is 0. The number of carbonyl (C=O) groups is 1. The summed E-state index contributed by atoms with van der Waals surface area (Å²) >= 11 is 0. The maximum absolute atomic E-state index is 11.4. The highest BCUT2D eigenvalue weighted by Gasteiger charge is 2.15. The van der Waals surface area contributed by atoms with Crippen LogP contribution in [-0.2, 0) is 4.79 Å². The van der Waals surface area contributed by atoms with Crippen molar-refractivity contribution in [1.82, 2.24) is 0 Å². The highest BCUT2D eigenvalue weighted by molar-refractivity contribution is 5.76. The van der Waals surface area contributed by atoms with Crippen molar-refractivity contribution in [2.45, 2.75) is 38.5 Å². The van der Waals surface area contributed by atoms with Gasteiger partial charge in [-0.25, -0.2) is 0 Å². The average molecular weight is 274 g/mol. The van der Waals surface area contributed by atoms with E-state index >= 15 is 0 Å². The number of hydrogen-bond donors (Lipinski definition) is 0. The third kappa shape index (κ3) is 3.99. The smallest absolute Gasteiger partial charge is 0.214 e. The summed E-state index contributed by atoms with van der Waals surface area (Å²) in [7, 11) is 4.04. The first-order valence-electron chi connectivity index (χ1n) is 7.70. The van der Waals surface area contributed by atoms with Crippen LogP contribution in [-0.4, -0.2) is 27.1 Å². The van der Waals surface area contributed by atoms with Crippen molar-refractivity contribution < 1.29 is 4.79 Å². The second-order valence-corrected chi connectivity index (χ2v) is 6.01. The second kappa shape index (κ2) is 7.32. The molecular formula is C17H26N2O. The van der Waals surface area contributed by atoms with Crippen molar-refractivity contribution in [3.63, 3.8) is 0 Å². The number of anilines is 2. The molecule has 0 saturated heterocycles. The van der Waals surface area contributed by atoms with Gasteiger partial charge in [-0.3, -0.25) is 4.79 Å². The molecule has 1 aromatic carbocycles. The Hall–Kier alpha value is -1.51. The lowest BCUT2D eigenvalue weighted by Crippen LogP contribution is -2.25. The topological polar surface area (TPSA) is 23.6 Å². The van der Waals surface area contributed by atoms with Gasteiger partial charge >= 0.3 is 0 Å². The van der Waals surface area contributed by atoms with E-state index in [2.05, 4.69) is 17.0 Å². The van der Waals surface area contributed by atoms with Crippen molar-refractivity contribution in [3.8, 4) is 0 Å². The molecule has 2 rings (SSSR count). The van der Waals surface area contributed by atoms with Gasteiger partial charge in [0.25, 0.3) is 0 Å². The van der Waals surface area contributed by atoms with Crippen LogP contribution in [0.2, 0.25) is 0 Å². The number of carbonyl (C=O) groups excluding carboxylic acids is 1. The molecule has 0 N–H and O–H groups in total. The van der Waals surface area contributed by atoms with Gasteiger partial charge in [0.15, 0.2) is 0 Å². The molecule has 0 atom stereocenters. The minimum absolute atomic E-state index is 0.809. The molecule has 0 aliphatic heterocycles. The van der Waals surface area contributed by atoms with E-state index in [4.69, 9.17) is 0 Å². The Morgan fingerprint density at radius 1 is 1.15 bits per heavy atom. The Labute approximate surface area is 122 Å². The van der Waals surface area contributed by atoms with Crippen LogP contribution in [0.25, 0.3) is 0 Å². The van der Waals surface area contributed by atoms with Crippen LogP contribution >= 0.6 is 0 Å². The molecule has 1 amide bonds. The van der Waals surface area contributed by atoms with Gasteiger partial charge in [0, 0.05) is 32.0 Å². The molecule has 0 heterocycles. The monoisotopic (exact) mass is 274 g/mol. The fraction of sp³-hybridized carbons (Fsp3) is 0.588. The third-order valence-electron chi connectivity index (χ3n) is 4.31. The molecule has 3 nitrogen and oxygen atoms in total. The van der Waals surface area contributed by atoms with Gasteiger partial charge in [-0.2, -0.15) is 0 Å². The van der Waals surface area contributed by atoms with E-state index in [0.717, 1.165) is 36.7 Å². The molecule has 1 aromatic rings. The molecule has 0 bridgehead atoms. The molecule has 0 radical (unpaired) electrons. The highest BCUT2D eigenvalue weighted by atomic mass is 16.1. The second-order valence-electron chi connectivity index (χ2n) is 6.01. The Morgan fingerprint density at radius 2 is 1.85 bits per heavy atom. The van der Waals surface area contributed by atoms with Crippen LogP contribution in [0.1, 0.15) is 38.5 Å². The normalized spacial score (nSPS) is 15.9. The first-order chi connectivity index (χ1) is 9.70. The number of hydrogen-bond acceptors (Lipinski definition) is 2. The minimum Gasteiger partial charge on any atom is -0.378 e. The molecule has 0 spiro atoms. The van der Waals surface area contributed by atoms with E-state index in [1.165, 1.54) is 32.1 Å². The fourth-order valence-corrected chi connectivity index (χ4v) is 2.99. The van der Waals surface area contributed by atoms with Crippen LogP contribution in [0.3, 0.4) is 0 Å². The van der Waals surface area contributed by atoms with Crippen molar-refractivity contribution in [2.75, 3.05) is 30.4 Å². The third-order valence-corrected chi connectivity index (χ3v) is 4.31. The minimum atomic E-state index is 0.809. The Kier molecular flexibility index (Phi) is 5.45. The van der Waals surface area contributed by atoms with E-state index in [1.54, 1.807) is 0 Å². The fourth-order valence-electron chi connectivity index (χ4n) is 2.99. The first-order valence-corrected chi connectivity index (χ1v) is 7.70. The number of amides is 1. The van der Waals surface area contributed by atoms with E-state index in [1.807, 2.05) is 31.1 Å². The molecule has 1 fully saturated rings. The molecule has 1 saturated carbocycles. The van der Waals surface area contributed by atoms with E-state index < -0.39 is 0 Å². The lowest BCUT2D eigenvalue weighted by Gasteiger charge is -2.25. The molecule has 1 aliphatic carbocycles. The maximum atomic E-state index is 11.4. The van der Waals surface area contributed by atoms with Crippen molar-refractivity contribution in [3.05, 3.63) is 24.3 Å². The first kappa shape index (κ1) is 14.9. The summed E-state index contributed by atoms with van der Waals surface area (Å²) in [6, 6.07) is 8.17. The van der Waals surface area contributed by atoms with Gasteiger partial charge in [-0.1, -0.05) is 38.2 Å². The number of rotatable bonds is 6. The van der Waals surface area contributed by atoms with E-state index in [9.17, 15) is 4.79 Å². The molecular weight excluding hydrogens is 248 g/mol. The van der Waals surface area contributed by atoms with Gasteiger partial charge in [0.05, 0.1) is 0 Å². The standard InChI is InChI=1S/C17H26N2O/c1-18(2)16-9-6-10-17(13-16)19(14-20)12-11-15-7-4-3-5-8-15/h6,9-10,13-15H,3-5,7-8,11-12H2,1-2H3. The summed E-state index contributed by atoms with van der Waals surface area (Å²) in [5.74, 6) is 0.809. The van der Waals surface area contributed by atoms with Crippen LogP contribution in [0.15, 0.2) is 24.3 Å². The Morgan fingerprint density at radius 3 is 2.50 bits per heavy atom. The predicted octanol–water partition coefficient (Wildman–Crippen LogP) is 3.69. The summed E-state index contributed by atoms with van der Waals surface area (Å²) in [6.45, 7) is 0.838. The largest absolute Gasteiger partial charge is 0.378 e. The molecule has 0 unspecified atom stereocenters. The van der Waals surface area contributed by atoms with Gasteiger partial charge in [-0.15, -0.1) is 0 Å². The number of benzene rings is 1. The van der Waals surface area contributed by atoms with Gasteiger partial charge in [-0.05, 0) is 30.5 Å². The van der Waals surface area contributed by atoms with Gasteiger partial charge in [0.1, 0.15) is 0 Å². The van der Waals surface area contributed by atoms with Crippen LogP contribution < -0.4 is 9.80 Å². The SMILES string of the molecule is CN(C)c1cccc(N(C=O)CCC2CCCCC2)c1. The van der Waals surface area contributed by atoms with Crippen LogP contribution in [0.4, 0.5) is 11.4 Å². The van der Waals surface area contributed by atoms with E-state index in [0.29, 0.717) is 0 Å². The summed E-state index contributed by atoms with van der Waals surface area (Å²) in [5.41, 5.74) is 2.13. The molecule has 3 heteroatoms. The zero-order valence-electron chi connectivity index (χ0n) is 12.7. The lowest BCUT2D eigenvalue weighted by molar-refractivity contribution is -0.107. The van der Waals surface area contributed by atoms with E-state index in [-0.39, 0.29) is 0 Å². The Balaban J connectivity index is 1.96. The average Bonchev–Trinajstić information content (AvgIpc) is 2.49. The molecule has 110 valence electrons.